The van der Waals surface area contributed by atoms with Crippen LogP contribution in [0.1, 0.15) is 35.8 Å². The van der Waals surface area contributed by atoms with Crippen molar-refractivity contribution >= 4 is 23.1 Å². The largest absolute Gasteiger partial charge is 0.478 e. The molecule has 0 aliphatic heterocycles. The van der Waals surface area contributed by atoms with Crippen molar-refractivity contribution in [2.75, 3.05) is 0 Å². The Kier molecular flexibility index (Phi) is 2.94. The van der Waals surface area contributed by atoms with Crippen molar-refractivity contribution < 1.29 is 9.90 Å². The van der Waals surface area contributed by atoms with Gasteiger partial charge in [-0.25, -0.2) is 4.79 Å². The van der Waals surface area contributed by atoms with E-state index in [-0.39, 0.29) is 11.5 Å². The first-order valence-electron chi connectivity index (χ1n) is 5.98. The van der Waals surface area contributed by atoms with Crippen LogP contribution in [0.4, 0.5) is 0 Å². The van der Waals surface area contributed by atoms with Crippen LogP contribution in [0.15, 0.2) is 18.3 Å². The molecule has 8 heteroatoms. The van der Waals surface area contributed by atoms with E-state index in [0.29, 0.717) is 11.5 Å². The Labute approximate surface area is 118 Å². The zero-order chi connectivity index (χ0) is 14.3. The van der Waals surface area contributed by atoms with Crippen LogP contribution in [-0.4, -0.2) is 35.3 Å². The predicted molar refractivity (Wildman–Crippen MR) is 72.9 cm³/mol. The summed E-state index contributed by atoms with van der Waals surface area (Å²) in [6.45, 7) is 4.04. The Morgan fingerprint density at radius 3 is 2.80 bits per heavy atom. The van der Waals surface area contributed by atoms with Crippen LogP contribution in [0, 0.1) is 0 Å². The fourth-order valence-electron chi connectivity index (χ4n) is 1.90. The number of hydrogen-bond donors (Lipinski definition) is 1. The zero-order valence-corrected chi connectivity index (χ0v) is 11.6. The van der Waals surface area contributed by atoms with Gasteiger partial charge in [0.1, 0.15) is 4.88 Å². The van der Waals surface area contributed by atoms with E-state index in [2.05, 4.69) is 19.8 Å². The minimum Gasteiger partial charge on any atom is -0.478 e. The first kappa shape index (κ1) is 12.7. The number of rotatable bonds is 3. The molecule has 3 aromatic heterocycles. The van der Waals surface area contributed by atoms with Crippen LogP contribution < -0.4 is 0 Å². The molecule has 7 nitrogen and oxygen atoms in total. The van der Waals surface area contributed by atoms with E-state index < -0.39 is 5.97 Å². The van der Waals surface area contributed by atoms with E-state index in [1.165, 1.54) is 23.8 Å². The van der Waals surface area contributed by atoms with Crippen LogP contribution in [0.25, 0.3) is 16.3 Å². The quantitative estimate of drug-likeness (QED) is 0.793. The summed E-state index contributed by atoms with van der Waals surface area (Å²) < 4.78 is 5.62. The molecular weight excluding hydrogens is 278 g/mol. The lowest BCUT2D eigenvalue weighted by Gasteiger charge is -2.03. The molecule has 3 rings (SSSR count). The van der Waals surface area contributed by atoms with Gasteiger partial charge in [-0.2, -0.15) is 0 Å². The number of carboxylic acids is 1. The lowest BCUT2D eigenvalue weighted by molar-refractivity contribution is 0.0696. The fourth-order valence-corrected chi connectivity index (χ4v) is 2.70. The summed E-state index contributed by atoms with van der Waals surface area (Å²) in [5.74, 6) is -0.210. The van der Waals surface area contributed by atoms with Gasteiger partial charge in [0.15, 0.2) is 11.5 Å². The topological polar surface area (TPSA) is 93.3 Å². The number of aromatic nitrogens is 5. The molecular formula is C12H11N5O2S. The highest BCUT2D eigenvalue weighted by Crippen LogP contribution is 2.29. The average Bonchev–Trinajstić information content (AvgIpc) is 3.03. The Morgan fingerprint density at radius 1 is 1.30 bits per heavy atom. The molecule has 0 aliphatic rings. The number of aromatic carboxylic acids is 1. The van der Waals surface area contributed by atoms with E-state index in [1.54, 1.807) is 10.5 Å². The molecule has 0 spiro atoms. The van der Waals surface area contributed by atoms with Gasteiger partial charge in [-0.15, -0.1) is 15.3 Å². The van der Waals surface area contributed by atoms with Gasteiger partial charge in [-0.1, -0.05) is 18.3 Å². The minimum atomic E-state index is -0.988. The zero-order valence-electron chi connectivity index (χ0n) is 10.8. The number of fused-ring (bicyclic) bond motifs is 1. The van der Waals surface area contributed by atoms with Gasteiger partial charge in [0.2, 0.25) is 0 Å². The maximum Gasteiger partial charge on any atom is 0.337 e. The highest BCUT2D eigenvalue weighted by Gasteiger charge is 2.19. The number of pyridine rings is 1. The summed E-state index contributed by atoms with van der Waals surface area (Å²) in [6, 6.07) is 3.13. The molecule has 3 aromatic rings. The molecule has 1 N–H and O–H groups in total. The normalized spacial score (nSPS) is 11.3. The van der Waals surface area contributed by atoms with Crippen LogP contribution >= 0.6 is 11.5 Å². The SMILES string of the molecule is CC(C)c1nnsc1-c1nnc2ccc(C(=O)O)cn12. The smallest absolute Gasteiger partial charge is 0.337 e. The molecule has 0 aliphatic carbocycles. The van der Waals surface area contributed by atoms with Crippen LogP contribution in [-0.2, 0) is 0 Å². The molecule has 102 valence electrons. The van der Waals surface area contributed by atoms with E-state index in [0.717, 1.165) is 10.6 Å². The van der Waals surface area contributed by atoms with Crippen LogP contribution in [0.2, 0.25) is 0 Å². The van der Waals surface area contributed by atoms with Crippen molar-refractivity contribution in [1.29, 1.82) is 0 Å². The van der Waals surface area contributed by atoms with Crippen molar-refractivity contribution in [3.63, 3.8) is 0 Å². The molecule has 0 radical (unpaired) electrons. The van der Waals surface area contributed by atoms with Gasteiger partial charge in [0.25, 0.3) is 0 Å². The second-order valence-corrected chi connectivity index (χ2v) is 5.37. The number of carboxylic acid groups (broad SMARTS) is 1. The summed E-state index contributed by atoms with van der Waals surface area (Å²) in [4.78, 5) is 11.9. The lowest BCUT2D eigenvalue weighted by Crippen LogP contribution is -2.00. The highest BCUT2D eigenvalue weighted by molar-refractivity contribution is 7.09. The second kappa shape index (κ2) is 4.64. The number of hydrogen-bond acceptors (Lipinski definition) is 6. The molecule has 0 unspecified atom stereocenters. The third-order valence-corrected chi connectivity index (χ3v) is 3.65. The third kappa shape index (κ3) is 1.94. The molecule has 0 bridgehead atoms. The second-order valence-electron chi connectivity index (χ2n) is 4.62. The fraction of sp³-hybridized carbons (Fsp3) is 0.250. The molecule has 0 saturated heterocycles. The lowest BCUT2D eigenvalue weighted by atomic mass is 10.1. The maximum atomic E-state index is 11.1. The van der Waals surface area contributed by atoms with E-state index >= 15 is 0 Å². The molecule has 0 aromatic carbocycles. The highest BCUT2D eigenvalue weighted by atomic mass is 32.1. The first-order valence-corrected chi connectivity index (χ1v) is 6.76. The van der Waals surface area contributed by atoms with Crippen molar-refractivity contribution in [2.24, 2.45) is 0 Å². The Hall–Kier alpha value is -2.35. The van der Waals surface area contributed by atoms with E-state index in [4.69, 9.17) is 5.11 Å². The first-order chi connectivity index (χ1) is 9.58. The van der Waals surface area contributed by atoms with Gasteiger partial charge in [-0.3, -0.25) is 4.40 Å². The molecule has 0 amide bonds. The molecule has 20 heavy (non-hydrogen) atoms. The molecule has 0 fully saturated rings. The summed E-state index contributed by atoms with van der Waals surface area (Å²) in [6.07, 6.45) is 1.51. The Balaban J connectivity index is 2.23. The Morgan fingerprint density at radius 2 is 2.10 bits per heavy atom. The van der Waals surface area contributed by atoms with Crippen molar-refractivity contribution in [3.8, 4) is 10.7 Å². The van der Waals surface area contributed by atoms with Crippen molar-refractivity contribution in [2.45, 2.75) is 19.8 Å². The average molecular weight is 289 g/mol. The van der Waals surface area contributed by atoms with Gasteiger partial charge in [-0.05, 0) is 29.6 Å². The maximum absolute atomic E-state index is 11.1. The van der Waals surface area contributed by atoms with Crippen LogP contribution in [0.5, 0.6) is 0 Å². The molecule has 3 heterocycles. The standard InChI is InChI=1S/C12H11N5O2S/c1-6(2)9-10(20-16-14-9)11-15-13-8-4-3-7(12(18)19)5-17(8)11/h3-6H,1-2H3,(H,18,19). The number of carbonyl (C=O) groups is 1. The summed E-state index contributed by atoms with van der Waals surface area (Å²) in [5, 5.41) is 21.4. The van der Waals surface area contributed by atoms with Gasteiger partial charge in [0, 0.05) is 6.20 Å². The van der Waals surface area contributed by atoms with Crippen molar-refractivity contribution in [1.82, 2.24) is 24.2 Å². The minimum absolute atomic E-state index is 0.183. The summed E-state index contributed by atoms with van der Waals surface area (Å²) in [5.41, 5.74) is 1.61. The van der Waals surface area contributed by atoms with Gasteiger partial charge >= 0.3 is 5.97 Å². The number of nitrogens with zero attached hydrogens (tertiary/aromatic N) is 5. The molecule has 0 saturated carbocycles. The summed E-state index contributed by atoms with van der Waals surface area (Å²) >= 11 is 1.23. The van der Waals surface area contributed by atoms with Gasteiger partial charge in [0.05, 0.1) is 11.3 Å². The summed E-state index contributed by atoms with van der Waals surface area (Å²) in [7, 11) is 0. The van der Waals surface area contributed by atoms with Crippen LogP contribution in [0.3, 0.4) is 0 Å². The monoisotopic (exact) mass is 289 g/mol. The van der Waals surface area contributed by atoms with E-state index in [1.807, 2.05) is 13.8 Å². The third-order valence-electron chi connectivity index (χ3n) is 2.91. The molecule has 0 atom stereocenters. The Bertz CT molecular complexity index is 792. The predicted octanol–water partition coefficient (Wildman–Crippen LogP) is 2.07. The van der Waals surface area contributed by atoms with Gasteiger partial charge < -0.3 is 5.11 Å². The van der Waals surface area contributed by atoms with E-state index in [9.17, 15) is 4.79 Å². The van der Waals surface area contributed by atoms with Crippen molar-refractivity contribution in [3.05, 3.63) is 29.6 Å².